The van der Waals surface area contributed by atoms with Crippen LogP contribution in [-0.4, -0.2) is 47.0 Å². The van der Waals surface area contributed by atoms with Gasteiger partial charge in [-0.3, -0.25) is 9.69 Å². The van der Waals surface area contributed by atoms with E-state index in [1.807, 2.05) is 19.1 Å². The van der Waals surface area contributed by atoms with Crippen LogP contribution in [0.5, 0.6) is 0 Å². The Hall–Kier alpha value is -2.09. The van der Waals surface area contributed by atoms with Crippen molar-refractivity contribution in [2.45, 2.75) is 19.5 Å². The Bertz CT molecular complexity index is 543. The third-order valence-electron chi connectivity index (χ3n) is 2.94. The number of piperazine rings is 1. The SMILES string of the molecule is Cc1ccc(CNC(=O)N2CC(=O)NCC2C(=O)O)s1. The molecule has 1 saturated heterocycles. The van der Waals surface area contributed by atoms with Crippen molar-refractivity contribution in [2.24, 2.45) is 0 Å². The highest BCUT2D eigenvalue weighted by atomic mass is 32.1. The quantitative estimate of drug-likeness (QED) is 0.739. The van der Waals surface area contributed by atoms with E-state index in [0.29, 0.717) is 6.54 Å². The van der Waals surface area contributed by atoms with E-state index in [0.717, 1.165) is 14.7 Å². The Morgan fingerprint density at radius 1 is 1.55 bits per heavy atom. The number of carboxylic acid groups (broad SMARTS) is 1. The average molecular weight is 297 g/mol. The molecule has 0 spiro atoms. The van der Waals surface area contributed by atoms with Crippen LogP contribution in [0.1, 0.15) is 9.75 Å². The Balaban J connectivity index is 1.98. The number of carbonyl (C=O) groups excluding carboxylic acids is 2. The first kappa shape index (κ1) is 14.3. The Kier molecular flexibility index (Phi) is 4.23. The molecule has 1 aliphatic rings. The fourth-order valence-corrected chi connectivity index (χ4v) is 2.75. The van der Waals surface area contributed by atoms with Crippen LogP contribution in [0.15, 0.2) is 12.1 Å². The molecule has 0 aromatic carbocycles. The molecule has 0 saturated carbocycles. The van der Waals surface area contributed by atoms with Crippen molar-refractivity contribution < 1.29 is 19.5 Å². The molecular weight excluding hydrogens is 282 g/mol. The molecule has 1 aromatic heterocycles. The van der Waals surface area contributed by atoms with Crippen molar-refractivity contribution in [1.82, 2.24) is 15.5 Å². The van der Waals surface area contributed by atoms with Gasteiger partial charge in [-0.2, -0.15) is 0 Å². The fourth-order valence-electron chi connectivity index (χ4n) is 1.92. The monoisotopic (exact) mass is 297 g/mol. The van der Waals surface area contributed by atoms with Crippen molar-refractivity contribution in [3.8, 4) is 0 Å². The van der Waals surface area contributed by atoms with Crippen LogP contribution in [0.4, 0.5) is 4.79 Å². The van der Waals surface area contributed by atoms with Gasteiger partial charge in [0.15, 0.2) is 0 Å². The van der Waals surface area contributed by atoms with Crippen molar-refractivity contribution in [1.29, 1.82) is 0 Å². The van der Waals surface area contributed by atoms with Crippen LogP contribution >= 0.6 is 11.3 Å². The van der Waals surface area contributed by atoms with Gasteiger partial charge in [-0.1, -0.05) is 0 Å². The van der Waals surface area contributed by atoms with Gasteiger partial charge < -0.3 is 15.7 Å². The number of nitrogens with one attached hydrogen (secondary N) is 2. The number of amides is 3. The Morgan fingerprint density at radius 2 is 2.30 bits per heavy atom. The third kappa shape index (κ3) is 3.27. The molecule has 1 unspecified atom stereocenters. The zero-order valence-electron chi connectivity index (χ0n) is 10.9. The number of nitrogens with zero attached hydrogens (tertiary/aromatic N) is 1. The molecule has 0 radical (unpaired) electrons. The lowest BCUT2D eigenvalue weighted by Gasteiger charge is -2.32. The van der Waals surface area contributed by atoms with E-state index < -0.39 is 18.0 Å². The summed E-state index contributed by atoms with van der Waals surface area (Å²) in [4.78, 5) is 37.6. The maximum atomic E-state index is 12.0. The van der Waals surface area contributed by atoms with Crippen LogP contribution in [0.25, 0.3) is 0 Å². The summed E-state index contributed by atoms with van der Waals surface area (Å²) in [5, 5.41) is 14.1. The van der Waals surface area contributed by atoms with Crippen LogP contribution in [0.3, 0.4) is 0 Å². The smallest absolute Gasteiger partial charge is 0.328 e. The second-order valence-electron chi connectivity index (χ2n) is 4.46. The lowest BCUT2D eigenvalue weighted by Crippen LogP contribution is -2.61. The maximum absolute atomic E-state index is 12.0. The summed E-state index contributed by atoms with van der Waals surface area (Å²) < 4.78 is 0. The van der Waals surface area contributed by atoms with E-state index in [1.54, 1.807) is 11.3 Å². The number of rotatable bonds is 3. The molecule has 3 N–H and O–H groups in total. The molecule has 0 bridgehead atoms. The molecule has 20 heavy (non-hydrogen) atoms. The first-order valence-electron chi connectivity index (χ1n) is 6.06. The van der Waals surface area contributed by atoms with E-state index >= 15 is 0 Å². The number of thiophene rings is 1. The molecule has 2 heterocycles. The normalized spacial score (nSPS) is 18.6. The van der Waals surface area contributed by atoms with Gasteiger partial charge in [0.25, 0.3) is 0 Å². The third-order valence-corrected chi connectivity index (χ3v) is 3.94. The largest absolute Gasteiger partial charge is 0.480 e. The standard InChI is InChI=1S/C12H15N3O4S/c1-7-2-3-8(20-7)4-14-12(19)15-6-10(16)13-5-9(15)11(17)18/h2-3,9H,4-6H2,1H3,(H,13,16)(H,14,19)(H,17,18). The van der Waals surface area contributed by atoms with Gasteiger partial charge in [0.05, 0.1) is 6.54 Å². The minimum Gasteiger partial charge on any atom is -0.480 e. The summed E-state index contributed by atoms with van der Waals surface area (Å²) in [7, 11) is 0. The van der Waals surface area contributed by atoms with Crippen molar-refractivity contribution in [3.63, 3.8) is 0 Å². The highest BCUT2D eigenvalue weighted by molar-refractivity contribution is 7.11. The average Bonchev–Trinajstić information content (AvgIpc) is 2.81. The molecule has 1 atom stereocenters. The predicted octanol–water partition coefficient (Wildman–Crippen LogP) is 0.151. The number of hydrogen-bond acceptors (Lipinski definition) is 4. The van der Waals surface area contributed by atoms with Gasteiger partial charge >= 0.3 is 12.0 Å². The zero-order chi connectivity index (χ0) is 14.7. The van der Waals surface area contributed by atoms with Crippen molar-refractivity contribution >= 4 is 29.2 Å². The van der Waals surface area contributed by atoms with E-state index in [1.165, 1.54) is 0 Å². The lowest BCUT2D eigenvalue weighted by molar-refractivity contribution is -0.144. The number of hydrogen-bond donors (Lipinski definition) is 3. The Morgan fingerprint density at radius 3 is 2.90 bits per heavy atom. The number of aliphatic carboxylic acids is 1. The summed E-state index contributed by atoms with van der Waals surface area (Å²) in [6, 6.07) is 2.27. The lowest BCUT2D eigenvalue weighted by atomic mass is 10.2. The summed E-state index contributed by atoms with van der Waals surface area (Å²) >= 11 is 1.56. The highest BCUT2D eigenvalue weighted by Crippen LogP contribution is 2.14. The number of urea groups is 1. The molecule has 108 valence electrons. The van der Waals surface area contributed by atoms with Crippen molar-refractivity contribution in [3.05, 3.63) is 21.9 Å². The maximum Gasteiger partial charge on any atom is 0.328 e. The van der Waals surface area contributed by atoms with E-state index in [9.17, 15) is 14.4 Å². The minimum atomic E-state index is -1.13. The molecule has 7 nitrogen and oxygen atoms in total. The molecule has 8 heteroatoms. The van der Waals surface area contributed by atoms with Gasteiger partial charge in [-0.15, -0.1) is 11.3 Å². The molecule has 3 amide bonds. The van der Waals surface area contributed by atoms with Crippen LogP contribution in [0, 0.1) is 6.92 Å². The number of aryl methyl sites for hydroxylation is 1. The van der Waals surface area contributed by atoms with E-state index in [2.05, 4.69) is 10.6 Å². The first-order valence-corrected chi connectivity index (χ1v) is 6.88. The van der Waals surface area contributed by atoms with Crippen LogP contribution in [0.2, 0.25) is 0 Å². The Labute approximate surface area is 119 Å². The van der Waals surface area contributed by atoms with Gasteiger partial charge in [0.1, 0.15) is 12.6 Å². The van der Waals surface area contributed by atoms with Crippen molar-refractivity contribution in [2.75, 3.05) is 13.1 Å². The van der Waals surface area contributed by atoms with E-state index in [-0.39, 0.29) is 19.0 Å². The zero-order valence-corrected chi connectivity index (χ0v) is 11.7. The van der Waals surface area contributed by atoms with Crippen LogP contribution < -0.4 is 10.6 Å². The minimum absolute atomic E-state index is 0.0697. The molecule has 0 aliphatic carbocycles. The summed E-state index contributed by atoms with van der Waals surface area (Å²) in [6.07, 6.45) is 0. The first-order chi connectivity index (χ1) is 9.47. The number of carbonyl (C=O) groups is 3. The molecule has 2 rings (SSSR count). The second-order valence-corrected chi connectivity index (χ2v) is 5.83. The summed E-state index contributed by atoms with van der Waals surface area (Å²) in [6.45, 7) is 1.97. The summed E-state index contributed by atoms with van der Waals surface area (Å²) in [5.74, 6) is -1.49. The predicted molar refractivity (Wildman–Crippen MR) is 72.4 cm³/mol. The molecule has 1 fully saturated rings. The molecule has 1 aliphatic heterocycles. The molecule has 1 aromatic rings. The highest BCUT2D eigenvalue weighted by Gasteiger charge is 2.35. The number of carboxylic acids is 1. The fraction of sp³-hybridized carbons (Fsp3) is 0.417. The topological polar surface area (TPSA) is 98.7 Å². The van der Waals surface area contributed by atoms with Gasteiger partial charge in [0.2, 0.25) is 5.91 Å². The van der Waals surface area contributed by atoms with Gasteiger partial charge in [0, 0.05) is 16.3 Å². The second kappa shape index (κ2) is 5.91. The van der Waals surface area contributed by atoms with Gasteiger partial charge in [-0.25, -0.2) is 9.59 Å². The van der Waals surface area contributed by atoms with Gasteiger partial charge in [-0.05, 0) is 19.1 Å². The summed E-state index contributed by atoms with van der Waals surface area (Å²) in [5.41, 5.74) is 0. The van der Waals surface area contributed by atoms with Crippen LogP contribution in [-0.2, 0) is 16.1 Å². The van der Waals surface area contributed by atoms with E-state index in [4.69, 9.17) is 5.11 Å². The molecular formula is C12H15N3O4S.